The molecule has 2 heteroatoms. The lowest BCUT2D eigenvalue weighted by atomic mass is 10.0. The second-order valence-corrected chi connectivity index (χ2v) is 4.64. The number of unbranched alkanes of at least 4 members (excludes halogenated alkanes) is 3. The van der Waals surface area contributed by atoms with Crippen LogP contribution in [0.4, 0.5) is 0 Å². The standard InChI is InChI=1S/C17H24O2/c1-3-5-6-7-8-15-9-11-16(12-10-15)13-14-17(18)19-4-2/h9-14H,3-8H2,1-2H3/b14-13+. The Kier molecular flexibility index (Phi) is 7.64. The highest BCUT2D eigenvalue weighted by Gasteiger charge is 1.96. The van der Waals surface area contributed by atoms with E-state index in [2.05, 4.69) is 19.1 Å². The minimum absolute atomic E-state index is 0.286. The SMILES string of the molecule is CCCCCCc1ccc(/C=C/C(=O)OCC)cc1. The molecule has 1 aromatic rings. The molecule has 1 rings (SSSR count). The molecule has 0 radical (unpaired) electrons. The van der Waals surface area contributed by atoms with Crippen molar-refractivity contribution in [3.05, 3.63) is 41.5 Å². The molecule has 1 aromatic carbocycles. The number of ether oxygens (including phenoxy) is 1. The van der Waals surface area contributed by atoms with Crippen molar-refractivity contribution in [2.24, 2.45) is 0 Å². The van der Waals surface area contributed by atoms with Gasteiger partial charge in [0.1, 0.15) is 0 Å². The number of hydrogen-bond donors (Lipinski definition) is 0. The van der Waals surface area contributed by atoms with E-state index in [1.54, 1.807) is 13.0 Å². The summed E-state index contributed by atoms with van der Waals surface area (Å²) in [5.41, 5.74) is 2.40. The van der Waals surface area contributed by atoms with E-state index in [-0.39, 0.29) is 5.97 Å². The summed E-state index contributed by atoms with van der Waals surface area (Å²) in [6.07, 6.45) is 9.56. The smallest absolute Gasteiger partial charge is 0.330 e. The van der Waals surface area contributed by atoms with E-state index >= 15 is 0 Å². The summed E-state index contributed by atoms with van der Waals surface area (Å²) in [4.78, 5) is 11.2. The number of esters is 1. The summed E-state index contributed by atoms with van der Waals surface area (Å²) in [6.45, 7) is 4.45. The van der Waals surface area contributed by atoms with Gasteiger partial charge in [0, 0.05) is 6.08 Å². The van der Waals surface area contributed by atoms with E-state index in [1.165, 1.54) is 37.3 Å². The van der Waals surface area contributed by atoms with Crippen molar-refractivity contribution in [1.29, 1.82) is 0 Å². The van der Waals surface area contributed by atoms with Crippen LogP contribution in [0.25, 0.3) is 6.08 Å². The Morgan fingerprint density at radius 3 is 2.47 bits per heavy atom. The zero-order chi connectivity index (χ0) is 13.9. The van der Waals surface area contributed by atoms with E-state index in [9.17, 15) is 4.79 Å². The van der Waals surface area contributed by atoms with Gasteiger partial charge in [-0.3, -0.25) is 0 Å². The van der Waals surface area contributed by atoms with Crippen LogP contribution >= 0.6 is 0 Å². The Labute approximate surface area is 116 Å². The van der Waals surface area contributed by atoms with Crippen molar-refractivity contribution in [2.75, 3.05) is 6.61 Å². The Balaban J connectivity index is 2.40. The van der Waals surface area contributed by atoms with Crippen LogP contribution in [-0.2, 0) is 16.0 Å². The average Bonchev–Trinajstić information content (AvgIpc) is 2.43. The Hall–Kier alpha value is -1.57. The first-order valence-electron chi connectivity index (χ1n) is 7.20. The van der Waals surface area contributed by atoms with E-state index in [0.717, 1.165) is 12.0 Å². The predicted molar refractivity (Wildman–Crippen MR) is 80.0 cm³/mol. The Bertz CT molecular complexity index is 390. The van der Waals surface area contributed by atoms with Gasteiger partial charge in [0.05, 0.1) is 6.61 Å². The molecule has 19 heavy (non-hydrogen) atoms. The van der Waals surface area contributed by atoms with Gasteiger partial charge in [0.25, 0.3) is 0 Å². The van der Waals surface area contributed by atoms with Crippen molar-refractivity contribution in [3.8, 4) is 0 Å². The highest BCUT2D eigenvalue weighted by atomic mass is 16.5. The lowest BCUT2D eigenvalue weighted by molar-refractivity contribution is -0.137. The molecule has 0 aliphatic carbocycles. The highest BCUT2D eigenvalue weighted by molar-refractivity contribution is 5.86. The van der Waals surface area contributed by atoms with Crippen LogP contribution in [0.5, 0.6) is 0 Å². The summed E-state index contributed by atoms with van der Waals surface area (Å²) in [5.74, 6) is -0.286. The lowest BCUT2D eigenvalue weighted by Crippen LogP contribution is -1.98. The summed E-state index contributed by atoms with van der Waals surface area (Å²) >= 11 is 0. The van der Waals surface area contributed by atoms with Gasteiger partial charge in [0.2, 0.25) is 0 Å². The van der Waals surface area contributed by atoms with Crippen molar-refractivity contribution in [3.63, 3.8) is 0 Å². The monoisotopic (exact) mass is 260 g/mol. The highest BCUT2D eigenvalue weighted by Crippen LogP contribution is 2.10. The largest absolute Gasteiger partial charge is 0.463 e. The van der Waals surface area contributed by atoms with Crippen LogP contribution in [0.1, 0.15) is 50.7 Å². The number of hydrogen-bond acceptors (Lipinski definition) is 2. The van der Waals surface area contributed by atoms with Crippen LogP contribution < -0.4 is 0 Å². The van der Waals surface area contributed by atoms with Crippen LogP contribution in [0.3, 0.4) is 0 Å². The summed E-state index contributed by atoms with van der Waals surface area (Å²) in [7, 11) is 0. The van der Waals surface area contributed by atoms with Crippen LogP contribution in [0.2, 0.25) is 0 Å². The molecule has 0 fully saturated rings. The van der Waals surface area contributed by atoms with Gasteiger partial charge in [-0.15, -0.1) is 0 Å². The minimum Gasteiger partial charge on any atom is -0.463 e. The van der Waals surface area contributed by atoms with Gasteiger partial charge >= 0.3 is 5.97 Å². The molecule has 0 saturated carbocycles. The van der Waals surface area contributed by atoms with Crippen LogP contribution in [0.15, 0.2) is 30.3 Å². The molecular weight excluding hydrogens is 236 g/mol. The van der Waals surface area contributed by atoms with E-state index in [4.69, 9.17) is 4.74 Å². The van der Waals surface area contributed by atoms with Crippen LogP contribution in [0, 0.1) is 0 Å². The van der Waals surface area contributed by atoms with Crippen molar-refractivity contribution in [1.82, 2.24) is 0 Å². The predicted octanol–water partition coefficient (Wildman–Crippen LogP) is 4.39. The molecule has 0 N–H and O–H groups in total. The minimum atomic E-state index is -0.286. The molecule has 104 valence electrons. The molecule has 0 aliphatic rings. The maximum atomic E-state index is 11.2. The van der Waals surface area contributed by atoms with E-state index < -0.39 is 0 Å². The number of aryl methyl sites for hydroxylation is 1. The second kappa shape index (κ2) is 9.37. The summed E-state index contributed by atoms with van der Waals surface area (Å²) < 4.78 is 4.84. The zero-order valence-corrected chi connectivity index (χ0v) is 12.0. The third kappa shape index (κ3) is 6.80. The quantitative estimate of drug-likeness (QED) is 0.394. The third-order valence-electron chi connectivity index (χ3n) is 3.00. The topological polar surface area (TPSA) is 26.3 Å². The molecule has 0 aromatic heterocycles. The Morgan fingerprint density at radius 1 is 1.11 bits per heavy atom. The van der Waals surface area contributed by atoms with Crippen molar-refractivity contribution in [2.45, 2.75) is 46.0 Å². The van der Waals surface area contributed by atoms with Crippen LogP contribution in [-0.4, -0.2) is 12.6 Å². The molecule has 0 unspecified atom stereocenters. The molecule has 0 aliphatic heterocycles. The molecular formula is C17H24O2. The van der Waals surface area contributed by atoms with Gasteiger partial charge in [0.15, 0.2) is 0 Å². The van der Waals surface area contributed by atoms with Gasteiger partial charge in [-0.25, -0.2) is 4.79 Å². The van der Waals surface area contributed by atoms with Gasteiger partial charge in [-0.05, 0) is 37.0 Å². The van der Waals surface area contributed by atoms with Gasteiger partial charge < -0.3 is 4.74 Å². The fourth-order valence-electron chi connectivity index (χ4n) is 1.91. The van der Waals surface area contributed by atoms with E-state index in [1.807, 2.05) is 12.1 Å². The zero-order valence-electron chi connectivity index (χ0n) is 12.0. The number of carbonyl (C=O) groups excluding carboxylic acids is 1. The average molecular weight is 260 g/mol. The first kappa shape index (κ1) is 15.5. The second-order valence-electron chi connectivity index (χ2n) is 4.64. The maximum Gasteiger partial charge on any atom is 0.330 e. The van der Waals surface area contributed by atoms with Gasteiger partial charge in [-0.2, -0.15) is 0 Å². The third-order valence-corrected chi connectivity index (χ3v) is 3.00. The summed E-state index contributed by atoms with van der Waals surface area (Å²) in [5, 5.41) is 0. The fourth-order valence-corrected chi connectivity index (χ4v) is 1.91. The Morgan fingerprint density at radius 2 is 1.84 bits per heavy atom. The summed E-state index contributed by atoms with van der Waals surface area (Å²) in [6, 6.07) is 8.36. The molecule has 0 bridgehead atoms. The molecule has 0 spiro atoms. The molecule has 2 nitrogen and oxygen atoms in total. The first-order chi connectivity index (χ1) is 9.26. The molecule has 0 heterocycles. The molecule has 0 amide bonds. The van der Waals surface area contributed by atoms with Crippen molar-refractivity contribution < 1.29 is 9.53 Å². The van der Waals surface area contributed by atoms with Gasteiger partial charge in [-0.1, -0.05) is 50.5 Å². The normalized spacial score (nSPS) is 10.8. The number of benzene rings is 1. The molecule has 0 saturated heterocycles. The fraction of sp³-hybridized carbons (Fsp3) is 0.471. The molecule has 0 atom stereocenters. The van der Waals surface area contributed by atoms with E-state index in [0.29, 0.717) is 6.61 Å². The van der Waals surface area contributed by atoms with Crippen molar-refractivity contribution >= 4 is 12.0 Å². The number of carbonyl (C=O) groups is 1. The lowest BCUT2D eigenvalue weighted by Gasteiger charge is -2.02. The first-order valence-corrected chi connectivity index (χ1v) is 7.20. The number of rotatable bonds is 8. The maximum absolute atomic E-state index is 11.2.